The van der Waals surface area contributed by atoms with Gasteiger partial charge in [0.2, 0.25) is 0 Å². The molecule has 2 rings (SSSR count). The van der Waals surface area contributed by atoms with Crippen molar-refractivity contribution in [3.8, 4) is 6.07 Å². The maximum absolute atomic E-state index is 8.83. The van der Waals surface area contributed by atoms with Crippen LogP contribution in [0.15, 0.2) is 18.2 Å². The predicted molar refractivity (Wildman–Crippen MR) is 69.0 cm³/mol. The van der Waals surface area contributed by atoms with Gasteiger partial charge in [-0.25, -0.2) is 4.98 Å². The number of aryl methyl sites for hydroxylation is 1. The number of hydrogen-bond donors (Lipinski definition) is 0. The molecule has 0 spiro atoms. The summed E-state index contributed by atoms with van der Waals surface area (Å²) in [4.78, 5) is 4.47. The average Bonchev–Trinajstić information content (AvgIpc) is 2.66. The van der Waals surface area contributed by atoms with Crippen molar-refractivity contribution in [1.82, 2.24) is 9.55 Å². The van der Waals surface area contributed by atoms with Gasteiger partial charge in [0.15, 0.2) is 0 Å². The highest BCUT2D eigenvalue weighted by atomic mass is 35.5. The van der Waals surface area contributed by atoms with Crippen molar-refractivity contribution in [2.45, 2.75) is 32.7 Å². The van der Waals surface area contributed by atoms with Crippen LogP contribution in [0.1, 0.15) is 25.6 Å². The number of nitriles is 1. The molecule has 4 heteroatoms. The molecule has 17 heavy (non-hydrogen) atoms. The van der Waals surface area contributed by atoms with E-state index in [1.165, 1.54) is 0 Å². The van der Waals surface area contributed by atoms with E-state index in [2.05, 4.69) is 22.5 Å². The first-order chi connectivity index (χ1) is 8.27. The first-order valence-electron chi connectivity index (χ1n) is 5.78. The normalized spacial score (nSPS) is 10.6. The molecule has 0 amide bonds. The van der Waals surface area contributed by atoms with Crippen LogP contribution in [0.2, 0.25) is 5.02 Å². The Labute approximate surface area is 106 Å². The molecular weight excluding hydrogens is 234 g/mol. The van der Waals surface area contributed by atoms with Crippen molar-refractivity contribution in [3.05, 3.63) is 29.0 Å². The molecule has 0 aliphatic heterocycles. The largest absolute Gasteiger partial charge is 0.326 e. The molecule has 0 aliphatic carbocycles. The van der Waals surface area contributed by atoms with E-state index in [1.54, 1.807) is 0 Å². The van der Waals surface area contributed by atoms with Crippen LogP contribution in [-0.4, -0.2) is 9.55 Å². The van der Waals surface area contributed by atoms with E-state index < -0.39 is 0 Å². The van der Waals surface area contributed by atoms with Crippen LogP contribution in [0.25, 0.3) is 11.0 Å². The fraction of sp³-hybridized carbons (Fsp3) is 0.385. The zero-order chi connectivity index (χ0) is 12.3. The monoisotopic (exact) mass is 247 g/mol. The third kappa shape index (κ3) is 2.27. The van der Waals surface area contributed by atoms with E-state index in [4.69, 9.17) is 16.9 Å². The summed E-state index contributed by atoms with van der Waals surface area (Å²) in [5.41, 5.74) is 1.83. The molecule has 0 aliphatic rings. The number of imidazole rings is 1. The van der Waals surface area contributed by atoms with Gasteiger partial charge in [-0.2, -0.15) is 5.26 Å². The minimum absolute atomic E-state index is 0.328. The lowest BCUT2D eigenvalue weighted by atomic mass is 10.3. The zero-order valence-corrected chi connectivity index (χ0v) is 10.5. The SMILES string of the molecule is CCCCn1c(CC#N)nc2cccc(Cl)c21. The number of rotatable bonds is 4. The molecule has 0 radical (unpaired) electrons. The standard InChI is InChI=1S/C13H14ClN3/c1-2-3-9-17-12(7-8-15)16-11-6-4-5-10(14)13(11)17/h4-6H,2-3,7,9H2,1H3. The van der Waals surface area contributed by atoms with E-state index in [1.807, 2.05) is 18.2 Å². The molecule has 0 saturated carbocycles. The van der Waals surface area contributed by atoms with E-state index >= 15 is 0 Å². The minimum atomic E-state index is 0.328. The molecule has 2 aromatic rings. The molecule has 0 saturated heterocycles. The van der Waals surface area contributed by atoms with E-state index in [0.717, 1.165) is 36.2 Å². The second-order valence-electron chi connectivity index (χ2n) is 3.98. The molecule has 0 fully saturated rings. The lowest BCUT2D eigenvalue weighted by Crippen LogP contribution is -2.03. The predicted octanol–water partition coefficient (Wildman–Crippen LogP) is 3.56. The van der Waals surface area contributed by atoms with Gasteiger partial charge in [-0.15, -0.1) is 0 Å². The number of halogens is 1. The Hall–Kier alpha value is -1.53. The van der Waals surface area contributed by atoms with Crippen LogP contribution >= 0.6 is 11.6 Å². The molecule has 0 unspecified atom stereocenters. The third-order valence-electron chi connectivity index (χ3n) is 2.77. The number of fused-ring (bicyclic) bond motifs is 1. The Balaban J connectivity index is 2.57. The summed E-state index contributed by atoms with van der Waals surface area (Å²) < 4.78 is 2.07. The minimum Gasteiger partial charge on any atom is -0.326 e. The van der Waals surface area contributed by atoms with Gasteiger partial charge in [0, 0.05) is 6.54 Å². The van der Waals surface area contributed by atoms with Crippen LogP contribution in [0.5, 0.6) is 0 Å². The van der Waals surface area contributed by atoms with Gasteiger partial charge in [-0.05, 0) is 18.6 Å². The highest BCUT2D eigenvalue weighted by Crippen LogP contribution is 2.25. The van der Waals surface area contributed by atoms with Gasteiger partial charge < -0.3 is 4.57 Å². The van der Waals surface area contributed by atoms with Crippen molar-refractivity contribution >= 4 is 22.6 Å². The summed E-state index contributed by atoms with van der Waals surface area (Å²) in [5.74, 6) is 0.809. The molecule has 1 aromatic carbocycles. The van der Waals surface area contributed by atoms with Crippen molar-refractivity contribution in [2.24, 2.45) is 0 Å². The van der Waals surface area contributed by atoms with E-state index in [0.29, 0.717) is 11.4 Å². The second kappa shape index (κ2) is 5.20. The Morgan fingerprint density at radius 3 is 3.00 bits per heavy atom. The Bertz CT molecular complexity index is 566. The fourth-order valence-corrected chi connectivity index (χ4v) is 2.22. The highest BCUT2D eigenvalue weighted by molar-refractivity contribution is 6.35. The summed E-state index contributed by atoms with van der Waals surface area (Å²) in [5, 5.41) is 9.53. The molecular formula is C13H14ClN3. The van der Waals surface area contributed by atoms with Crippen LogP contribution in [0.3, 0.4) is 0 Å². The summed E-state index contributed by atoms with van der Waals surface area (Å²) in [7, 11) is 0. The zero-order valence-electron chi connectivity index (χ0n) is 9.78. The van der Waals surface area contributed by atoms with Crippen LogP contribution in [0, 0.1) is 11.3 Å². The van der Waals surface area contributed by atoms with Crippen LogP contribution < -0.4 is 0 Å². The molecule has 3 nitrogen and oxygen atoms in total. The number of hydrogen-bond acceptors (Lipinski definition) is 2. The molecule has 88 valence electrons. The molecule has 0 atom stereocenters. The number of aromatic nitrogens is 2. The maximum atomic E-state index is 8.83. The average molecular weight is 248 g/mol. The van der Waals surface area contributed by atoms with Gasteiger partial charge in [-0.1, -0.05) is 31.0 Å². The van der Waals surface area contributed by atoms with E-state index in [-0.39, 0.29) is 0 Å². The number of unbranched alkanes of at least 4 members (excludes halogenated alkanes) is 1. The van der Waals surface area contributed by atoms with Gasteiger partial charge >= 0.3 is 0 Å². The fourth-order valence-electron chi connectivity index (χ4n) is 1.95. The summed E-state index contributed by atoms with van der Waals surface area (Å²) in [6.07, 6.45) is 2.50. The maximum Gasteiger partial charge on any atom is 0.124 e. The summed E-state index contributed by atoms with van der Waals surface area (Å²) >= 11 is 6.21. The lowest BCUT2D eigenvalue weighted by Gasteiger charge is -2.07. The first-order valence-corrected chi connectivity index (χ1v) is 6.16. The highest BCUT2D eigenvalue weighted by Gasteiger charge is 2.12. The Morgan fingerprint density at radius 1 is 1.47 bits per heavy atom. The topological polar surface area (TPSA) is 41.6 Å². The van der Waals surface area contributed by atoms with Crippen molar-refractivity contribution in [2.75, 3.05) is 0 Å². The second-order valence-corrected chi connectivity index (χ2v) is 4.38. The number of nitrogens with zero attached hydrogens (tertiary/aromatic N) is 3. The molecule has 0 N–H and O–H groups in total. The molecule has 0 bridgehead atoms. The van der Waals surface area contributed by atoms with E-state index in [9.17, 15) is 0 Å². The quantitative estimate of drug-likeness (QED) is 0.829. The van der Waals surface area contributed by atoms with Gasteiger partial charge in [0.25, 0.3) is 0 Å². The van der Waals surface area contributed by atoms with Crippen molar-refractivity contribution in [3.63, 3.8) is 0 Å². The first kappa shape index (κ1) is 11.9. The summed E-state index contributed by atoms with van der Waals surface area (Å²) in [6, 6.07) is 7.84. The van der Waals surface area contributed by atoms with Crippen LogP contribution in [-0.2, 0) is 13.0 Å². The van der Waals surface area contributed by atoms with Gasteiger partial charge in [0.05, 0.1) is 28.5 Å². The molecule has 1 heterocycles. The Kier molecular flexibility index (Phi) is 3.65. The third-order valence-corrected chi connectivity index (χ3v) is 3.07. The van der Waals surface area contributed by atoms with Crippen molar-refractivity contribution in [1.29, 1.82) is 5.26 Å². The smallest absolute Gasteiger partial charge is 0.124 e. The number of para-hydroxylation sites is 1. The summed E-state index contributed by atoms with van der Waals surface area (Å²) in [6.45, 7) is 3.01. The van der Waals surface area contributed by atoms with Gasteiger partial charge in [0.1, 0.15) is 5.82 Å². The van der Waals surface area contributed by atoms with Crippen molar-refractivity contribution < 1.29 is 0 Å². The number of benzene rings is 1. The Morgan fingerprint density at radius 2 is 2.29 bits per heavy atom. The van der Waals surface area contributed by atoms with Gasteiger partial charge in [-0.3, -0.25) is 0 Å². The molecule has 1 aromatic heterocycles. The van der Waals surface area contributed by atoms with Crippen LogP contribution in [0.4, 0.5) is 0 Å². The lowest BCUT2D eigenvalue weighted by molar-refractivity contribution is 0.625.